The van der Waals surface area contributed by atoms with Gasteiger partial charge in [-0.15, -0.1) is 11.3 Å². The molecule has 2 heterocycles. The van der Waals surface area contributed by atoms with Gasteiger partial charge in [0, 0.05) is 30.2 Å². The number of imidazole rings is 1. The molecular weight excluding hydrogens is 273 g/mol. The summed E-state index contributed by atoms with van der Waals surface area (Å²) in [6, 6.07) is 5.21. The molecule has 1 aromatic carbocycles. The first-order valence-corrected chi connectivity index (χ1v) is 7.39. The van der Waals surface area contributed by atoms with E-state index in [-0.39, 0.29) is 11.9 Å². The lowest BCUT2D eigenvalue weighted by Gasteiger charge is -2.16. The van der Waals surface area contributed by atoms with Crippen LogP contribution in [0, 0.1) is 12.7 Å². The lowest BCUT2D eigenvalue weighted by atomic mass is 10.0. The van der Waals surface area contributed by atoms with Gasteiger partial charge in [0.25, 0.3) is 0 Å². The van der Waals surface area contributed by atoms with E-state index in [0.29, 0.717) is 0 Å². The van der Waals surface area contributed by atoms with Crippen molar-refractivity contribution >= 4 is 16.3 Å². The van der Waals surface area contributed by atoms with Gasteiger partial charge in [-0.3, -0.25) is 4.40 Å². The molecule has 0 radical (unpaired) electrons. The Kier molecular flexibility index (Phi) is 3.54. The minimum atomic E-state index is -0.189. The van der Waals surface area contributed by atoms with E-state index in [4.69, 9.17) is 0 Å². The fourth-order valence-electron chi connectivity index (χ4n) is 2.44. The number of hydrogen-bond donors (Lipinski definition) is 1. The van der Waals surface area contributed by atoms with Crippen LogP contribution in [-0.4, -0.2) is 16.4 Å². The van der Waals surface area contributed by atoms with E-state index < -0.39 is 0 Å². The number of thiazole rings is 1. The van der Waals surface area contributed by atoms with Gasteiger partial charge in [-0.1, -0.05) is 6.07 Å². The van der Waals surface area contributed by atoms with E-state index in [2.05, 4.69) is 10.3 Å². The van der Waals surface area contributed by atoms with Crippen molar-refractivity contribution in [2.24, 2.45) is 0 Å². The third-order valence-electron chi connectivity index (χ3n) is 3.37. The summed E-state index contributed by atoms with van der Waals surface area (Å²) in [5.74, 6) is -0.189. The number of nitrogens with one attached hydrogen (secondary N) is 1. The zero-order valence-electron chi connectivity index (χ0n) is 11.4. The molecule has 0 spiro atoms. The maximum atomic E-state index is 13.5. The first-order valence-electron chi connectivity index (χ1n) is 6.51. The standard InChI is InChI=1S/C15H16FN3S/c1-10-5-11(7-12(16)6-10)14(17-2)8-13-9-19-3-4-20-15(19)18-13/h3-7,9,14,17H,8H2,1-2H3. The summed E-state index contributed by atoms with van der Waals surface area (Å²) in [4.78, 5) is 5.57. The highest BCUT2D eigenvalue weighted by atomic mass is 32.1. The first kappa shape index (κ1) is 13.3. The Labute approximate surface area is 121 Å². The predicted octanol–water partition coefficient (Wildman–Crippen LogP) is 3.35. The second-order valence-electron chi connectivity index (χ2n) is 4.93. The number of aryl methyl sites for hydroxylation is 1. The smallest absolute Gasteiger partial charge is 0.193 e. The Bertz CT molecular complexity index is 683. The quantitative estimate of drug-likeness (QED) is 0.798. The molecular formula is C15H16FN3S. The van der Waals surface area contributed by atoms with Gasteiger partial charge in [0.05, 0.1) is 5.69 Å². The number of hydrogen-bond acceptors (Lipinski definition) is 3. The van der Waals surface area contributed by atoms with Gasteiger partial charge in [-0.2, -0.15) is 0 Å². The lowest BCUT2D eigenvalue weighted by Crippen LogP contribution is -2.19. The van der Waals surface area contributed by atoms with E-state index in [1.165, 1.54) is 0 Å². The maximum Gasteiger partial charge on any atom is 0.193 e. The van der Waals surface area contributed by atoms with Crippen LogP contribution in [-0.2, 0) is 6.42 Å². The van der Waals surface area contributed by atoms with Crippen molar-refractivity contribution in [1.82, 2.24) is 14.7 Å². The van der Waals surface area contributed by atoms with E-state index in [1.54, 1.807) is 23.5 Å². The van der Waals surface area contributed by atoms with Crippen LogP contribution in [0.25, 0.3) is 4.96 Å². The SMILES string of the molecule is CNC(Cc1cn2ccsc2n1)c1cc(C)cc(F)c1. The fraction of sp³-hybridized carbons (Fsp3) is 0.267. The molecule has 3 aromatic rings. The van der Waals surface area contributed by atoms with Crippen molar-refractivity contribution in [3.8, 4) is 0 Å². The normalized spacial score (nSPS) is 12.9. The van der Waals surface area contributed by atoms with Gasteiger partial charge in [-0.05, 0) is 37.2 Å². The molecule has 0 aliphatic heterocycles. The number of rotatable bonds is 4. The molecule has 1 N–H and O–H groups in total. The second kappa shape index (κ2) is 5.34. The topological polar surface area (TPSA) is 29.3 Å². The number of fused-ring (bicyclic) bond motifs is 1. The maximum absolute atomic E-state index is 13.5. The van der Waals surface area contributed by atoms with Gasteiger partial charge < -0.3 is 5.32 Å². The van der Waals surface area contributed by atoms with Gasteiger partial charge in [-0.25, -0.2) is 9.37 Å². The number of likely N-dealkylation sites (N-methyl/N-ethyl adjacent to an activating group) is 1. The summed E-state index contributed by atoms with van der Waals surface area (Å²) in [5, 5.41) is 5.26. The molecule has 3 nitrogen and oxygen atoms in total. The third-order valence-corrected chi connectivity index (χ3v) is 4.14. The summed E-state index contributed by atoms with van der Waals surface area (Å²) in [5.41, 5.74) is 2.91. The number of nitrogens with zero attached hydrogens (tertiary/aromatic N) is 2. The lowest BCUT2D eigenvalue weighted by molar-refractivity contribution is 0.572. The molecule has 5 heteroatoms. The molecule has 0 fully saturated rings. The molecule has 0 aliphatic carbocycles. The van der Waals surface area contributed by atoms with Crippen molar-refractivity contribution in [3.63, 3.8) is 0 Å². The van der Waals surface area contributed by atoms with Crippen LogP contribution < -0.4 is 5.32 Å². The summed E-state index contributed by atoms with van der Waals surface area (Å²) in [7, 11) is 1.89. The average Bonchev–Trinajstić information content (AvgIpc) is 2.95. The van der Waals surface area contributed by atoms with Gasteiger partial charge in [0.1, 0.15) is 5.82 Å². The minimum absolute atomic E-state index is 0.0639. The Morgan fingerprint density at radius 3 is 2.95 bits per heavy atom. The molecule has 3 rings (SSSR count). The highest BCUT2D eigenvalue weighted by molar-refractivity contribution is 7.15. The molecule has 0 aliphatic rings. The van der Waals surface area contributed by atoms with Crippen molar-refractivity contribution in [2.75, 3.05) is 7.05 Å². The molecule has 2 aromatic heterocycles. The van der Waals surface area contributed by atoms with Gasteiger partial charge in [0.2, 0.25) is 0 Å². The number of benzene rings is 1. The van der Waals surface area contributed by atoms with Gasteiger partial charge in [0.15, 0.2) is 4.96 Å². The van der Waals surface area contributed by atoms with Crippen LogP contribution in [0.2, 0.25) is 0 Å². The Balaban J connectivity index is 1.87. The van der Waals surface area contributed by atoms with E-state index in [9.17, 15) is 4.39 Å². The predicted molar refractivity (Wildman–Crippen MR) is 79.7 cm³/mol. The summed E-state index contributed by atoms with van der Waals surface area (Å²) >= 11 is 1.61. The molecule has 0 saturated carbocycles. The van der Waals surface area contributed by atoms with Crippen LogP contribution in [0.1, 0.15) is 22.9 Å². The average molecular weight is 289 g/mol. The van der Waals surface area contributed by atoms with Crippen LogP contribution in [0.15, 0.2) is 36.0 Å². The number of halogens is 1. The van der Waals surface area contributed by atoms with Gasteiger partial charge >= 0.3 is 0 Å². The van der Waals surface area contributed by atoms with Crippen molar-refractivity contribution in [3.05, 3.63) is 58.6 Å². The third kappa shape index (κ3) is 2.59. The van der Waals surface area contributed by atoms with Crippen LogP contribution >= 0.6 is 11.3 Å². The van der Waals surface area contributed by atoms with E-state index in [1.807, 2.05) is 42.2 Å². The molecule has 1 atom stereocenters. The highest BCUT2D eigenvalue weighted by Gasteiger charge is 2.14. The van der Waals surface area contributed by atoms with Crippen molar-refractivity contribution in [1.29, 1.82) is 0 Å². The van der Waals surface area contributed by atoms with Crippen molar-refractivity contribution < 1.29 is 4.39 Å². The monoisotopic (exact) mass is 289 g/mol. The molecule has 0 amide bonds. The largest absolute Gasteiger partial charge is 0.313 e. The zero-order chi connectivity index (χ0) is 14.1. The second-order valence-corrected chi connectivity index (χ2v) is 5.81. The van der Waals surface area contributed by atoms with Crippen LogP contribution in [0.5, 0.6) is 0 Å². The highest BCUT2D eigenvalue weighted by Crippen LogP contribution is 2.21. The number of aromatic nitrogens is 2. The summed E-state index contributed by atoms with van der Waals surface area (Å²) in [6.07, 6.45) is 4.77. The van der Waals surface area contributed by atoms with Crippen LogP contribution in [0.4, 0.5) is 4.39 Å². The van der Waals surface area contributed by atoms with E-state index in [0.717, 1.165) is 28.2 Å². The first-order chi connectivity index (χ1) is 9.65. The zero-order valence-corrected chi connectivity index (χ0v) is 12.2. The molecule has 20 heavy (non-hydrogen) atoms. The van der Waals surface area contributed by atoms with Crippen LogP contribution in [0.3, 0.4) is 0 Å². The van der Waals surface area contributed by atoms with E-state index >= 15 is 0 Å². The Hall–Kier alpha value is -1.72. The Morgan fingerprint density at radius 2 is 2.25 bits per heavy atom. The summed E-state index contributed by atoms with van der Waals surface area (Å²) in [6.45, 7) is 1.91. The minimum Gasteiger partial charge on any atom is -0.313 e. The molecule has 0 saturated heterocycles. The molecule has 0 bridgehead atoms. The van der Waals surface area contributed by atoms with Crippen molar-refractivity contribution in [2.45, 2.75) is 19.4 Å². The molecule has 104 valence electrons. The fourth-order valence-corrected chi connectivity index (χ4v) is 3.15. The Morgan fingerprint density at radius 1 is 1.40 bits per heavy atom. The molecule has 1 unspecified atom stereocenters. The summed E-state index contributed by atoms with van der Waals surface area (Å²) < 4.78 is 15.6.